The minimum atomic E-state index is -0.489. The summed E-state index contributed by atoms with van der Waals surface area (Å²) >= 11 is 0. The van der Waals surface area contributed by atoms with Crippen molar-refractivity contribution in [2.24, 2.45) is 5.73 Å². The number of alkyl carbamates (subject to hydrolysis) is 1. The molecule has 0 aromatic heterocycles. The van der Waals surface area contributed by atoms with Crippen molar-refractivity contribution in [1.29, 1.82) is 0 Å². The topological polar surface area (TPSA) is 73.6 Å². The van der Waals surface area contributed by atoms with Crippen LogP contribution in [0.5, 0.6) is 0 Å². The Morgan fingerprint density at radius 2 is 2.24 bits per heavy atom. The Labute approximate surface area is 103 Å². The minimum Gasteiger partial charge on any atom is -0.444 e. The molecule has 2 atom stereocenters. The molecule has 1 heterocycles. The third-order valence-corrected chi connectivity index (χ3v) is 2.62. The van der Waals surface area contributed by atoms with Crippen LogP contribution >= 0.6 is 0 Å². The van der Waals surface area contributed by atoms with Gasteiger partial charge in [0.15, 0.2) is 0 Å². The number of carbonyl (C=O) groups excluding carboxylic acids is 1. The molecule has 0 radical (unpaired) electrons. The fraction of sp³-hybridized carbons (Fsp3) is 0.917. The Balaban J connectivity index is 2.42. The van der Waals surface area contributed by atoms with Gasteiger partial charge >= 0.3 is 6.09 Å². The van der Waals surface area contributed by atoms with Crippen molar-refractivity contribution >= 4 is 6.09 Å². The molecule has 0 saturated carbocycles. The van der Waals surface area contributed by atoms with Crippen LogP contribution in [0.1, 0.15) is 40.0 Å². The first-order chi connectivity index (χ1) is 7.92. The van der Waals surface area contributed by atoms with E-state index in [1.807, 2.05) is 20.8 Å². The monoisotopic (exact) mass is 244 g/mol. The molecule has 100 valence electrons. The molecule has 0 spiro atoms. The first-order valence-electron chi connectivity index (χ1n) is 6.23. The number of carbonyl (C=O) groups is 1. The summed E-state index contributed by atoms with van der Waals surface area (Å²) in [7, 11) is 0. The van der Waals surface area contributed by atoms with Gasteiger partial charge in [0.25, 0.3) is 0 Å². The number of hydrogen-bond donors (Lipinski definition) is 2. The van der Waals surface area contributed by atoms with E-state index in [2.05, 4.69) is 5.32 Å². The van der Waals surface area contributed by atoms with Crippen LogP contribution in [0.4, 0.5) is 4.79 Å². The van der Waals surface area contributed by atoms with Crippen LogP contribution < -0.4 is 11.1 Å². The molecule has 1 saturated heterocycles. The summed E-state index contributed by atoms with van der Waals surface area (Å²) in [5.41, 5.74) is 5.18. The summed E-state index contributed by atoms with van der Waals surface area (Å²) in [6.45, 7) is 6.62. The van der Waals surface area contributed by atoms with E-state index in [-0.39, 0.29) is 12.1 Å². The number of nitrogens with two attached hydrogens (primary N) is 1. The molecule has 1 aliphatic heterocycles. The van der Waals surface area contributed by atoms with Crippen LogP contribution in [0, 0.1) is 0 Å². The highest BCUT2D eigenvalue weighted by Gasteiger charge is 2.26. The van der Waals surface area contributed by atoms with Crippen LogP contribution in [-0.4, -0.2) is 37.0 Å². The van der Waals surface area contributed by atoms with E-state index in [1.54, 1.807) is 0 Å². The standard InChI is InChI=1S/C12H24N2O3/c1-12(2,3)17-11(15)14-9(8-13)10-6-4-5-7-16-10/h9-10H,4-8,13H2,1-3H3,(H,14,15). The molecule has 0 bridgehead atoms. The van der Waals surface area contributed by atoms with E-state index in [4.69, 9.17) is 15.2 Å². The maximum atomic E-state index is 11.6. The highest BCUT2D eigenvalue weighted by Crippen LogP contribution is 2.16. The number of hydrogen-bond acceptors (Lipinski definition) is 4. The predicted molar refractivity (Wildman–Crippen MR) is 65.8 cm³/mol. The largest absolute Gasteiger partial charge is 0.444 e. The van der Waals surface area contributed by atoms with E-state index >= 15 is 0 Å². The summed E-state index contributed by atoms with van der Waals surface area (Å²) in [6, 6.07) is -0.162. The van der Waals surface area contributed by atoms with Crippen LogP contribution in [0.15, 0.2) is 0 Å². The fourth-order valence-electron chi connectivity index (χ4n) is 1.85. The van der Waals surface area contributed by atoms with Crippen molar-refractivity contribution in [3.05, 3.63) is 0 Å². The third-order valence-electron chi connectivity index (χ3n) is 2.62. The van der Waals surface area contributed by atoms with Gasteiger partial charge in [0.1, 0.15) is 5.60 Å². The van der Waals surface area contributed by atoms with Crippen LogP contribution in [0.3, 0.4) is 0 Å². The van der Waals surface area contributed by atoms with Gasteiger partial charge in [0, 0.05) is 13.2 Å². The van der Waals surface area contributed by atoms with Crippen molar-refractivity contribution in [2.75, 3.05) is 13.2 Å². The second kappa shape index (κ2) is 6.21. The molecule has 5 heteroatoms. The Morgan fingerprint density at radius 3 is 2.71 bits per heavy atom. The summed E-state index contributed by atoms with van der Waals surface area (Å²) in [4.78, 5) is 11.6. The lowest BCUT2D eigenvalue weighted by atomic mass is 10.0. The van der Waals surface area contributed by atoms with E-state index in [1.165, 1.54) is 0 Å². The van der Waals surface area contributed by atoms with E-state index in [9.17, 15) is 4.79 Å². The molecule has 1 aliphatic rings. The van der Waals surface area contributed by atoms with Gasteiger partial charge < -0.3 is 20.5 Å². The van der Waals surface area contributed by atoms with Gasteiger partial charge in [-0.1, -0.05) is 0 Å². The second-order valence-electron chi connectivity index (χ2n) is 5.39. The Morgan fingerprint density at radius 1 is 1.53 bits per heavy atom. The smallest absolute Gasteiger partial charge is 0.408 e. The van der Waals surface area contributed by atoms with Gasteiger partial charge in [-0.15, -0.1) is 0 Å². The van der Waals surface area contributed by atoms with Crippen LogP contribution in [-0.2, 0) is 9.47 Å². The van der Waals surface area contributed by atoms with Crippen molar-refractivity contribution in [3.63, 3.8) is 0 Å². The zero-order chi connectivity index (χ0) is 12.9. The second-order valence-corrected chi connectivity index (χ2v) is 5.39. The molecule has 3 N–H and O–H groups in total. The maximum absolute atomic E-state index is 11.6. The van der Waals surface area contributed by atoms with E-state index in [0.29, 0.717) is 6.54 Å². The minimum absolute atomic E-state index is 0.0151. The third kappa shape index (κ3) is 5.37. The van der Waals surface area contributed by atoms with Gasteiger partial charge in [-0.3, -0.25) is 0 Å². The van der Waals surface area contributed by atoms with E-state index < -0.39 is 11.7 Å². The van der Waals surface area contributed by atoms with Crippen LogP contribution in [0.25, 0.3) is 0 Å². The van der Waals surface area contributed by atoms with Gasteiger partial charge in [0.2, 0.25) is 0 Å². The first kappa shape index (κ1) is 14.3. The van der Waals surface area contributed by atoms with Crippen molar-refractivity contribution < 1.29 is 14.3 Å². The van der Waals surface area contributed by atoms with Crippen molar-refractivity contribution in [3.8, 4) is 0 Å². The van der Waals surface area contributed by atoms with Gasteiger partial charge in [-0.25, -0.2) is 4.79 Å². The van der Waals surface area contributed by atoms with E-state index in [0.717, 1.165) is 25.9 Å². The number of nitrogens with one attached hydrogen (secondary N) is 1. The fourth-order valence-corrected chi connectivity index (χ4v) is 1.85. The average Bonchev–Trinajstić information content (AvgIpc) is 2.24. The molecular formula is C12H24N2O3. The molecule has 5 nitrogen and oxygen atoms in total. The number of ether oxygens (including phenoxy) is 2. The molecule has 0 aliphatic carbocycles. The summed E-state index contributed by atoms with van der Waals surface area (Å²) in [6.07, 6.45) is 2.73. The zero-order valence-corrected chi connectivity index (χ0v) is 11.0. The summed E-state index contributed by atoms with van der Waals surface area (Å²) in [5, 5.41) is 2.78. The Bertz CT molecular complexity index is 245. The molecular weight excluding hydrogens is 220 g/mol. The molecule has 17 heavy (non-hydrogen) atoms. The maximum Gasteiger partial charge on any atom is 0.408 e. The lowest BCUT2D eigenvalue weighted by Gasteiger charge is -2.31. The van der Waals surface area contributed by atoms with Crippen molar-refractivity contribution in [2.45, 2.75) is 57.8 Å². The Kier molecular flexibility index (Phi) is 5.21. The summed E-state index contributed by atoms with van der Waals surface area (Å²) in [5.74, 6) is 0. The zero-order valence-electron chi connectivity index (χ0n) is 11.0. The predicted octanol–water partition coefficient (Wildman–Crippen LogP) is 1.41. The lowest BCUT2D eigenvalue weighted by Crippen LogP contribution is -2.51. The van der Waals surface area contributed by atoms with Gasteiger partial charge in [-0.05, 0) is 40.0 Å². The SMILES string of the molecule is CC(C)(C)OC(=O)NC(CN)C1CCCCO1. The molecule has 1 amide bonds. The number of rotatable bonds is 3. The number of amides is 1. The first-order valence-corrected chi connectivity index (χ1v) is 6.23. The van der Waals surface area contributed by atoms with Crippen LogP contribution in [0.2, 0.25) is 0 Å². The van der Waals surface area contributed by atoms with Crippen molar-refractivity contribution in [1.82, 2.24) is 5.32 Å². The normalized spacial score (nSPS) is 22.9. The quantitative estimate of drug-likeness (QED) is 0.787. The Hall–Kier alpha value is -0.810. The van der Waals surface area contributed by atoms with Gasteiger partial charge in [0.05, 0.1) is 12.1 Å². The molecule has 0 aromatic carbocycles. The summed E-state index contributed by atoms with van der Waals surface area (Å²) < 4.78 is 10.8. The highest BCUT2D eigenvalue weighted by molar-refractivity contribution is 5.68. The average molecular weight is 244 g/mol. The lowest BCUT2D eigenvalue weighted by molar-refractivity contribution is -0.0106. The molecule has 0 aromatic rings. The highest BCUT2D eigenvalue weighted by atomic mass is 16.6. The van der Waals surface area contributed by atoms with Gasteiger partial charge in [-0.2, -0.15) is 0 Å². The molecule has 1 rings (SSSR count). The molecule has 2 unspecified atom stereocenters. The molecule has 1 fully saturated rings.